The highest BCUT2D eigenvalue weighted by Crippen LogP contribution is 2.68. The molecule has 2 aromatic carbocycles. The van der Waals surface area contributed by atoms with E-state index in [1.165, 1.54) is 40.1 Å². The molecule has 10 unspecified atom stereocenters. The van der Waals surface area contributed by atoms with E-state index in [0.29, 0.717) is 93.1 Å². The summed E-state index contributed by atoms with van der Waals surface area (Å²) in [6.07, 6.45) is 5.22. The molecular formula is C47H58N4O10. The van der Waals surface area contributed by atoms with E-state index in [2.05, 4.69) is 20.9 Å². The second-order valence-electron chi connectivity index (χ2n) is 18.5. The Hall–Kier alpha value is -4.76. The molecule has 3 N–H and O–H groups in total. The predicted molar refractivity (Wildman–Crippen MR) is 225 cm³/mol. The van der Waals surface area contributed by atoms with Crippen LogP contribution in [0.2, 0.25) is 0 Å². The zero-order valence-corrected chi connectivity index (χ0v) is 36.2. The Morgan fingerprint density at radius 2 is 1.67 bits per heavy atom. The van der Waals surface area contributed by atoms with Crippen LogP contribution in [0.3, 0.4) is 0 Å². The first kappa shape index (κ1) is 41.6. The third-order valence-electron chi connectivity index (χ3n) is 15.7. The quantitative estimate of drug-likeness (QED) is 0.179. The Labute approximate surface area is 356 Å². The van der Waals surface area contributed by atoms with E-state index in [9.17, 15) is 24.6 Å². The maximum atomic E-state index is 15.4. The molecule has 5 aliphatic heterocycles. The lowest BCUT2D eigenvalue weighted by molar-refractivity contribution is -0.228. The number of piperidine rings is 1. The number of rotatable bonds is 7. The minimum Gasteiger partial charge on any atom is -0.496 e. The lowest BCUT2D eigenvalue weighted by Gasteiger charge is -2.63. The van der Waals surface area contributed by atoms with Crippen LogP contribution in [-0.2, 0) is 50.6 Å². The number of hydrogen-bond donors (Lipinski definition) is 3. The molecule has 61 heavy (non-hydrogen) atoms. The summed E-state index contributed by atoms with van der Waals surface area (Å²) < 4.78 is 23.8. The largest absolute Gasteiger partial charge is 0.496 e. The van der Waals surface area contributed by atoms with Crippen molar-refractivity contribution in [2.75, 3.05) is 59.0 Å². The number of carbonyl (C=O) groups excluding carboxylic acids is 4. The number of benzene rings is 2. The maximum Gasteiger partial charge on any atom is 0.344 e. The number of nitrogens with zero attached hydrogens (tertiary/aromatic N) is 3. The van der Waals surface area contributed by atoms with E-state index >= 15 is 4.79 Å². The average Bonchev–Trinajstić information content (AvgIpc) is 3.93. The second kappa shape index (κ2) is 14.4. The fourth-order valence-corrected chi connectivity index (χ4v) is 13.6. The number of aliphatic hydroxyl groups is 2. The maximum absolute atomic E-state index is 15.4. The summed E-state index contributed by atoms with van der Waals surface area (Å²) in [4.78, 5) is 67.1. The molecule has 14 heteroatoms. The van der Waals surface area contributed by atoms with Crippen LogP contribution in [0.25, 0.3) is 10.9 Å². The van der Waals surface area contributed by atoms with Gasteiger partial charge in [0.05, 0.1) is 38.7 Å². The van der Waals surface area contributed by atoms with Crippen molar-refractivity contribution in [1.82, 2.24) is 14.8 Å². The number of H-pyrrole nitrogens is 1. The van der Waals surface area contributed by atoms with Gasteiger partial charge in [-0.2, -0.15) is 0 Å². The highest BCUT2D eigenvalue weighted by atomic mass is 16.6. The SMILES string of the molecule is CCC1(O)CC2CN(CCc3c([nH]c4ccccc34)C(C(=O)OC)(c3cc4c(cc3OC)N(C(C)=O)C3C(O)(C(=O)OC)C(OC(C)=O)C5(CC)C=CCN6CCC43C65)C2)C1. The van der Waals surface area contributed by atoms with Gasteiger partial charge in [-0.05, 0) is 74.2 Å². The van der Waals surface area contributed by atoms with Crippen LogP contribution < -0.4 is 9.64 Å². The molecule has 3 fully saturated rings. The van der Waals surface area contributed by atoms with Gasteiger partial charge in [-0.15, -0.1) is 0 Å². The van der Waals surface area contributed by atoms with Gasteiger partial charge in [0, 0.05) is 85.1 Å². The Kier molecular flexibility index (Phi) is 9.82. The standard InChI is InChI=1S/C47H58N4O10/c1-8-43(56)23-29-24-46(41(54)59-6,37-31(15-19-49(25-29)26-43)30-13-10-11-14-34(30)48-37)33-21-32-35(22-36(33)58-5)51(27(3)52)39-45(32)17-20-50-18-12-16-44(9-2,38(45)50)40(61-28(4)53)47(39,57)42(55)60-7/h10-14,16,21-22,29,38-40,48,56-57H,8-9,15,17-20,23-26H2,1-7H3. The number of anilines is 1. The molecule has 1 amide bonds. The minimum absolute atomic E-state index is 0.158. The number of para-hydroxylation sites is 1. The van der Waals surface area contributed by atoms with Crippen LogP contribution >= 0.6 is 0 Å². The van der Waals surface area contributed by atoms with Crippen molar-refractivity contribution in [3.8, 4) is 5.75 Å². The number of esters is 3. The summed E-state index contributed by atoms with van der Waals surface area (Å²) in [5.74, 6) is -2.50. The Balaban J connectivity index is 1.39. The Morgan fingerprint density at radius 3 is 2.34 bits per heavy atom. The number of carbonyl (C=O) groups is 4. The van der Waals surface area contributed by atoms with Gasteiger partial charge in [-0.3, -0.25) is 24.2 Å². The molecule has 14 nitrogen and oxygen atoms in total. The Morgan fingerprint density at radius 1 is 0.918 bits per heavy atom. The van der Waals surface area contributed by atoms with Gasteiger partial charge in [-0.1, -0.05) is 44.2 Å². The lowest BCUT2D eigenvalue weighted by Crippen LogP contribution is -2.81. The molecule has 326 valence electrons. The molecule has 9 rings (SSSR count). The molecule has 6 aliphatic rings. The normalized spacial score (nSPS) is 36.1. The number of aromatic amines is 1. The molecular weight excluding hydrogens is 781 g/mol. The van der Waals surface area contributed by atoms with Crippen LogP contribution in [0.5, 0.6) is 5.75 Å². The first-order chi connectivity index (χ1) is 29.1. The van der Waals surface area contributed by atoms with Crippen molar-refractivity contribution >= 4 is 40.4 Å². The topological polar surface area (TPSA) is 171 Å². The molecule has 1 spiro atoms. The molecule has 1 aliphatic carbocycles. The number of nitrogens with one attached hydrogen (secondary N) is 1. The highest BCUT2D eigenvalue weighted by Gasteiger charge is 2.81. The van der Waals surface area contributed by atoms with E-state index in [0.717, 1.165) is 16.5 Å². The fraction of sp³-hybridized carbons (Fsp3) is 0.574. The third-order valence-corrected chi connectivity index (χ3v) is 15.7. The van der Waals surface area contributed by atoms with Crippen molar-refractivity contribution in [1.29, 1.82) is 0 Å². The number of ether oxygens (including phenoxy) is 4. The van der Waals surface area contributed by atoms with Crippen molar-refractivity contribution in [2.24, 2.45) is 11.3 Å². The first-order valence-electron chi connectivity index (χ1n) is 21.7. The first-order valence-corrected chi connectivity index (χ1v) is 21.7. The van der Waals surface area contributed by atoms with Crippen molar-refractivity contribution in [2.45, 2.75) is 106 Å². The summed E-state index contributed by atoms with van der Waals surface area (Å²) in [6.45, 7) is 9.56. The summed E-state index contributed by atoms with van der Waals surface area (Å²) in [7, 11) is 4.11. The zero-order chi connectivity index (χ0) is 43.4. The van der Waals surface area contributed by atoms with Crippen LogP contribution in [-0.4, -0.2) is 132 Å². The molecule has 1 saturated carbocycles. The second-order valence-corrected chi connectivity index (χ2v) is 18.5. The minimum atomic E-state index is -2.54. The van der Waals surface area contributed by atoms with E-state index in [4.69, 9.17) is 18.9 Å². The molecule has 1 aromatic heterocycles. The van der Waals surface area contributed by atoms with Crippen LogP contribution in [0.1, 0.15) is 82.2 Å². The van der Waals surface area contributed by atoms with Crippen LogP contribution in [0.4, 0.5) is 5.69 Å². The molecule has 10 atom stereocenters. The van der Waals surface area contributed by atoms with Gasteiger partial charge in [0.25, 0.3) is 0 Å². The number of fused-ring (bicyclic) bond motifs is 6. The van der Waals surface area contributed by atoms with Crippen molar-refractivity contribution in [3.05, 3.63) is 70.9 Å². The number of methoxy groups -OCH3 is 3. The highest BCUT2D eigenvalue weighted by molar-refractivity contribution is 6.01. The van der Waals surface area contributed by atoms with Crippen LogP contribution in [0, 0.1) is 11.3 Å². The van der Waals surface area contributed by atoms with Gasteiger partial charge in [-0.25, -0.2) is 4.79 Å². The number of aromatic nitrogens is 1. The Bertz CT molecular complexity index is 2360. The predicted octanol–water partition coefficient (Wildman–Crippen LogP) is 3.91. The van der Waals surface area contributed by atoms with E-state index in [-0.39, 0.29) is 12.3 Å². The van der Waals surface area contributed by atoms with Gasteiger partial charge in [0.2, 0.25) is 11.5 Å². The molecule has 0 radical (unpaired) electrons. The van der Waals surface area contributed by atoms with Gasteiger partial charge in [0.15, 0.2) is 6.10 Å². The zero-order valence-electron chi connectivity index (χ0n) is 36.2. The van der Waals surface area contributed by atoms with Gasteiger partial charge >= 0.3 is 17.9 Å². The summed E-state index contributed by atoms with van der Waals surface area (Å²) in [5.41, 5.74) is -3.15. The molecule has 2 saturated heterocycles. The summed E-state index contributed by atoms with van der Waals surface area (Å²) in [5, 5.41) is 26.4. The van der Waals surface area contributed by atoms with Crippen molar-refractivity contribution in [3.63, 3.8) is 0 Å². The summed E-state index contributed by atoms with van der Waals surface area (Å²) in [6, 6.07) is 10.0. The lowest BCUT2D eigenvalue weighted by atomic mass is 9.47. The monoisotopic (exact) mass is 838 g/mol. The molecule has 6 heterocycles. The van der Waals surface area contributed by atoms with E-state index in [1.54, 1.807) is 6.07 Å². The average molecular weight is 839 g/mol. The van der Waals surface area contributed by atoms with Gasteiger partial charge < -0.3 is 39.0 Å². The van der Waals surface area contributed by atoms with Crippen LogP contribution in [0.15, 0.2) is 48.6 Å². The number of hydrogen-bond acceptors (Lipinski definition) is 12. The molecule has 2 bridgehead atoms. The van der Waals surface area contributed by atoms with Crippen molar-refractivity contribution < 1.29 is 48.3 Å². The fourth-order valence-electron chi connectivity index (χ4n) is 13.6. The van der Waals surface area contributed by atoms with E-state index < -0.39 is 69.4 Å². The number of amides is 1. The smallest absolute Gasteiger partial charge is 0.344 e. The summed E-state index contributed by atoms with van der Waals surface area (Å²) >= 11 is 0. The third kappa shape index (κ3) is 5.47. The van der Waals surface area contributed by atoms with E-state index in [1.807, 2.05) is 50.3 Å². The van der Waals surface area contributed by atoms with Gasteiger partial charge in [0.1, 0.15) is 11.2 Å². The molecule has 3 aromatic rings.